The van der Waals surface area contributed by atoms with E-state index in [4.69, 9.17) is 11.6 Å². The third kappa shape index (κ3) is 3.75. The van der Waals surface area contributed by atoms with Gasteiger partial charge in [0.15, 0.2) is 0 Å². The summed E-state index contributed by atoms with van der Waals surface area (Å²) in [6.45, 7) is 0.582. The summed E-state index contributed by atoms with van der Waals surface area (Å²) in [6.07, 6.45) is 2.05. The Hall–Kier alpha value is -2.11. The van der Waals surface area contributed by atoms with Gasteiger partial charge < -0.3 is 5.32 Å². The maximum absolute atomic E-state index is 12.1. The van der Waals surface area contributed by atoms with Crippen molar-refractivity contribution >= 4 is 34.7 Å². The van der Waals surface area contributed by atoms with Crippen LogP contribution < -0.4 is 5.32 Å². The minimum atomic E-state index is -0.0451. The van der Waals surface area contributed by atoms with Gasteiger partial charge in [-0.15, -0.1) is 0 Å². The highest BCUT2D eigenvalue weighted by molar-refractivity contribution is 7.08. The van der Waals surface area contributed by atoms with Gasteiger partial charge in [0.2, 0.25) is 5.91 Å². The second-order valence-corrected chi connectivity index (χ2v) is 6.07. The maximum atomic E-state index is 12.1. The van der Waals surface area contributed by atoms with Crippen LogP contribution in [0.4, 0.5) is 5.82 Å². The van der Waals surface area contributed by atoms with E-state index in [-0.39, 0.29) is 5.91 Å². The van der Waals surface area contributed by atoms with Crippen LogP contribution in [0.5, 0.6) is 0 Å². The molecular formula is C16H14ClN3OS. The third-order valence-electron chi connectivity index (χ3n) is 3.17. The lowest BCUT2D eigenvalue weighted by atomic mass is 10.2. The molecule has 0 unspecified atom stereocenters. The molecule has 2 aromatic heterocycles. The van der Waals surface area contributed by atoms with Crippen molar-refractivity contribution in [3.05, 3.63) is 69.5 Å². The maximum Gasteiger partial charge on any atom is 0.229 e. The van der Waals surface area contributed by atoms with E-state index in [1.807, 2.05) is 41.1 Å². The van der Waals surface area contributed by atoms with Crippen LogP contribution in [0.2, 0.25) is 5.02 Å². The number of thiophene rings is 1. The first-order valence-corrected chi connectivity index (χ1v) is 8.10. The summed E-state index contributed by atoms with van der Waals surface area (Å²) in [4.78, 5) is 12.1. The Kier molecular flexibility index (Phi) is 4.56. The summed E-state index contributed by atoms with van der Waals surface area (Å²) in [5.41, 5.74) is 2.09. The summed E-state index contributed by atoms with van der Waals surface area (Å²) in [7, 11) is 0. The van der Waals surface area contributed by atoms with E-state index in [0.717, 1.165) is 11.1 Å². The molecule has 6 heteroatoms. The molecule has 1 N–H and O–H groups in total. The van der Waals surface area contributed by atoms with Crippen molar-refractivity contribution in [1.82, 2.24) is 9.78 Å². The average Bonchev–Trinajstić information content (AvgIpc) is 3.14. The van der Waals surface area contributed by atoms with E-state index in [1.165, 1.54) is 0 Å². The van der Waals surface area contributed by atoms with Crippen molar-refractivity contribution in [3.63, 3.8) is 0 Å². The number of benzene rings is 1. The van der Waals surface area contributed by atoms with Crippen molar-refractivity contribution in [2.75, 3.05) is 5.32 Å². The van der Waals surface area contributed by atoms with Crippen LogP contribution in [0.1, 0.15) is 11.1 Å². The normalized spacial score (nSPS) is 10.6. The zero-order valence-electron chi connectivity index (χ0n) is 11.7. The Morgan fingerprint density at radius 1 is 1.18 bits per heavy atom. The van der Waals surface area contributed by atoms with E-state index in [1.54, 1.807) is 28.3 Å². The van der Waals surface area contributed by atoms with Gasteiger partial charge >= 0.3 is 0 Å². The molecule has 3 aromatic rings. The second-order valence-electron chi connectivity index (χ2n) is 4.86. The SMILES string of the molecule is O=C(Cc1ccsc1)Nc1ccnn1Cc1ccc(Cl)cc1. The lowest BCUT2D eigenvalue weighted by Crippen LogP contribution is -2.17. The third-order valence-corrected chi connectivity index (χ3v) is 4.16. The van der Waals surface area contributed by atoms with E-state index >= 15 is 0 Å². The molecule has 0 aliphatic carbocycles. The highest BCUT2D eigenvalue weighted by Crippen LogP contribution is 2.14. The Labute approximate surface area is 137 Å². The van der Waals surface area contributed by atoms with Gasteiger partial charge in [0.1, 0.15) is 5.82 Å². The molecule has 0 saturated heterocycles. The predicted molar refractivity (Wildman–Crippen MR) is 89.4 cm³/mol. The van der Waals surface area contributed by atoms with Crippen LogP contribution in [-0.4, -0.2) is 15.7 Å². The molecule has 22 heavy (non-hydrogen) atoms. The van der Waals surface area contributed by atoms with E-state index in [9.17, 15) is 4.79 Å². The summed E-state index contributed by atoms with van der Waals surface area (Å²) in [6, 6.07) is 11.3. The van der Waals surface area contributed by atoms with Gasteiger partial charge in [0.25, 0.3) is 0 Å². The minimum Gasteiger partial charge on any atom is -0.311 e. The van der Waals surface area contributed by atoms with Crippen molar-refractivity contribution in [1.29, 1.82) is 0 Å². The first-order valence-electron chi connectivity index (χ1n) is 6.78. The number of anilines is 1. The lowest BCUT2D eigenvalue weighted by molar-refractivity contribution is -0.115. The van der Waals surface area contributed by atoms with Crippen LogP contribution >= 0.6 is 22.9 Å². The molecule has 0 saturated carbocycles. The zero-order valence-corrected chi connectivity index (χ0v) is 13.3. The summed E-state index contributed by atoms with van der Waals surface area (Å²) < 4.78 is 1.76. The molecule has 0 atom stereocenters. The summed E-state index contributed by atoms with van der Waals surface area (Å²) >= 11 is 7.47. The molecule has 3 rings (SSSR count). The van der Waals surface area contributed by atoms with Crippen LogP contribution in [0.25, 0.3) is 0 Å². The first kappa shape index (κ1) is 14.8. The number of halogens is 1. The quantitative estimate of drug-likeness (QED) is 0.772. The van der Waals surface area contributed by atoms with Crippen molar-refractivity contribution in [2.24, 2.45) is 0 Å². The molecule has 0 aliphatic heterocycles. The topological polar surface area (TPSA) is 46.9 Å². The minimum absolute atomic E-state index is 0.0451. The van der Waals surface area contributed by atoms with Gasteiger partial charge in [0, 0.05) is 11.1 Å². The highest BCUT2D eigenvalue weighted by atomic mass is 35.5. The zero-order chi connectivity index (χ0) is 15.4. The van der Waals surface area contributed by atoms with Gasteiger partial charge in [-0.25, -0.2) is 4.68 Å². The predicted octanol–water partition coefficient (Wildman–Crippen LogP) is 3.83. The van der Waals surface area contributed by atoms with E-state index < -0.39 is 0 Å². The van der Waals surface area contributed by atoms with E-state index in [2.05, 4.69) is 10.4 Å². The molecule has 1 aromatic carbocycles. The number of nitrogens with zero attached hydrogens (tertiary/aromatic N) is 2. The molecule has 2 heterocycles. The number of nitrogens with one attached hydrogen (secondary N) is 1. The lowest BCUT2D eigenvalue weighted by Gasteiger charge is -2.09. The number of aromatic nitrogens is 2. The van der Waals surface area contributed by atoms with Crippen LogP contribution in [0, 0.1) is 0 Å². The standard InChI is InChI=1S/C16H14ClN3OS/c17-14-3-1-12(2-4-14)10-20-15(5-7-18-20)19-16(21)9-13-6-8-22-11-13/h1-8,11H,9-10H2,(H,19,21). The van der Waals surface area contributed by atoms with Gasteiger partial charge in [-0.1, -0.05) is 23.7 Å². The van der Waals surface area contributed by atoms with Crippen molar-refractivity contribution < 1.29 is 4.79 Å². The molecular weight excluding hydrogens is 318 g/mol. The molecule has 112 valence electrons. The van der Waals surface area contributed by atoms with Gasteiger partial charge in [-0.3, -0.25) is 4.79 Å². The van der Waals surface area contributed by atoms with Crippen LogP contribution in [-0.2, 0) is 17.8 Å². The highest BCUT2D eigenvalue weighted by Gasteiger charge is 2.09. The Balaban J connectivity index is 1.66. The largest absolute Gasteiger partial charge is 0.311 e. The van der Waals surface area contributed by atoms with Crippen molar-refractivity contribution in [3.8, 4) is 0 Å². The molecule has 0 aliphatic rings. The molecule has 1 amide bonds. The Bertz CT molecular complexity index is 750. The number of carbonyl (C=O) groups is 1. The first-order chi connectivity index (χ1) is 10.7. The van der Waals surface area contributed by atoms with Gasteiger partial charge in [0.05, 0.1) is 19.2 Å². The van der Waals surface area contributed by atoms with Gasteiger partial charge in [-0.2, -0.15) is 16.4 Å². The molecule has 0 radical (unpaired) electrons. The van der Waals surface area contributed by atoms with Gasteiger partial charge in [-0.05, 0) is 40.1 Å². The number of amides is 1. The molecule has 0 bridgehead atoms. The van der Waals surface area contributed by atoms with Crippen LogP contribution in [0.3, 0.4) is 0 Å². The average molecular weight is 332 g/mol. The Morgan fingerprint density at radius 3 is 2.73 bits per heavy atom. The fourth-order valence-corrected chi connectivity index (χ4v) is 2.89. The van der Waals surface area contributed by atoms with E-state index in [0.29, 0.717) is 23.8 Å². The number of carbonyl (C=O) groups excluding carboxylic acids is 1. The number of hydrogen-bond donors (Lipinski definition) is 1. The van der Waals surface area contributed by atoms with Crippen LogP contribution in [0.15, 0.2) is 53.4 Å². The second kappa shape index (κ2) is 6.77. The number of hydrogen-bond acceptors (Lipinski definition) is 3. The monoisotopic (exact) mass is 331 g/mol. The molecule has 0 fully saturated rings. The fraction of sp³-hybridized carbons (Fsp3) is 0.125. The Morgan fingerprint density at radius 2 is 2.00 bits per heavy atom. The van der Waals surface area contributed by atoms with Crippen molar-refractivity contribution in [2.45, 2.75) is 13.0 Å². The fourth-order valence-electron chi connectivity index (χ4n) is 2.09. The number of rotatable bonds is 5. The molecule has 0 spiro atoms. The summed E-state index contributed by atoms with van der Waals surface area (Å²) in [5, 5.41) is 11.8. The summed E-state index contributed by atoms with van der Waals surface area (Å²) in [5.74, 6) is 0.645. The smallest absolute Gasteiger partial charge is 0.229 e. The molecule has 4 nitrogen and oxygen atoms in total.